The highest BCUT2D eigenvalue weighted by Gasteiger charge is 2.52. The Balaban J connectivity index is 1.79. The fraction of sp³-hybridized carbons (Fsp3) is 0.550. The van der Waals surface area contributed by atoms with E-state index in [1.54, 1.807) is 13.8 Å². The van der Waals surface area contributed by atoms with Crippen molar-refractivity contribution in [2.24, 2.45) is 0 Å². The van der Waals surface area contributed by atoms with Crippen LogP contribution in [0.5, 0.6) is 5.75 Å². The maximum absolute atomic E-state index is 12.8. The van der Waals surface area contributed by atoms with E-state index in [0.29, 0.717) is 25.9 Å². The van der Waals surface area contributed by atoms with Crippen LogP contribution in [-0.2, 0) is 19.6 Å². The van der Waals surface area contributed by atoms with Gasteiger partial charge >= 0.3 is 6.03 Å². The van der Waals surface area contributed by atoms with E-state index in [1.165, 1.54) is 29.6 Å². The van der Waals surface area contributed by atoms with Gasteiger partial charge in [0.15, 0.2) is 0 Å². The van der Waals surface area contributed by atoms with E-state index >= 15 is 0 Å². The van der Waals surface area contributed by atoms with E-state index in [0.717, 1.165) is 17.7 Å². The second-order valence-electron chi connectivity index (χ2n) is 7.61. The minimum absolute atomic E-state index is 0.00667. The molecule has 1 aliphatic heterocycles. The molecule has 1 aromatic rings. The van der Waals surface area contributed by atoms with Gasteiger partial charge in [0.05, 0.1) is 17.7 Å². The van der Waals surface area contributed by atoms with E-state index in [1.807, 2.05) is 0 Å². The molecule has 4 amide bonds. The Morgan fingerprint density at radius 2 is 1.87 bits per heavy atom. The van der Waals surface area contributed by atoms with E-state index in [2.05, 4.69) is 10.6 Å². The molecule has 0 unspecified atom stereocenters. The molecule has 1 spiro atoms. The van der Waals surface area contributed by atoms with Crippen molar-refractivity contribution in [1.82, 2.24) is 14.5 Å². The van der Waals surface area contributed by atoms with Crippen molar-refractivity contribution in [2.45, 2.75) is 50.0 Å². The maximum atomic E-state index is 12.8. The summed E-state index contributed by atoms with van der Waals surface area (Å²) in [6, 6.07) is 3.58. The standard InChI is InChI=1S/C20H28N4O6S/c1-4-23(5-2)31(28,29)14-8-9-16(30-3)15(12-14)21-17(25)13-24-18(26)20(22-19(24)27)10-6-7-11-20/h8-9,12H,4-7,10-11,13H2,1-3H3,(H,21,25)(H,22,27). The molecular formula is C20H28N4O6S. The Kier molecular flexibility index (Phi) is 6.56. The van der Waals surface area contributed by atoms with Gasteiger partial charge in [-0.2, -0.15) is 4.31 Å². The number of rotatable bonds is 8. The maximum Gasteiger partial charge on any atom is 0.325 e. The predicted octanol–water partition coefficient (Wildman–Crippen LogP) is 1.53. The lowest BCUT2D eigenvalue weighted by Crippen LogP contribution is -2.44. The van der Waals surface area contributed by atoms with Crippen LogP contribution >= 0.6 is 0 Å². The number of nitrogens with zero attached hydrogens (tertiary/aromatic N) is 2. The summed E-state index contributed by atoms with van der Waals surface area (Å²) >= 11 is 0. The number of carbonyl (C=O) groups is 3. The summed E-state index contributed by atoms with van der Waals surface area (Å²) < 4.78 is 32.1. The topological polar surface area (TPSA) is 125 Å². The van der Waals surface area contributed by atoms with Crippen LogP contribution in [0.3, 0.4) is 0 Å². The van der Waals surface area contributed by atoms with E-state index in [-0.39, 0.29) is 16.3 Å². The van der Waals surface area contributed by atoms with Crippen LogP contribution in [0.4, 0.5) is 10.5 Å². The third-order valence-corrected chi connectivity index (χ3v) is 7.84. The van der Waals surface area contributed by atoms with Gasteiger partial charge in [-0.15, -0.1) is 0 Å². The van der Waals surface area contributed by atoms with E-state index in [4.69, 9.17) is 4.74 Å². The summed E-state index contributed by atoms with van der Waals surface area (Å²) in [5.74, 6) is -0.763. The minimum Gasteiger partial charge on any atom is -0.495 e. The smallest absolute Gasteiger partial charge is 0.325 e. The fourth-order valence-corrected chi connectivity index (χ4v) is 5.61. The SMILES string of the molecule is CCN(CC)S(=O)(=O)c1ccc(OC)c(NC(=O)CN2C(=O)NC3(CCCC3)C2=O)c1. The molecular weight excluding hydrogens is 424 g/mol. The first-order valence-corrected chi connectivity index (χ1v) is 11.7. The normalized spacial score (nSPS) is 18.0. The molecule has 1 saturated heterocycles. The summed E-state index contributed by atoms with van der Waals surface area (Å²) in [6.07, 6.45) is 2.82. The predicted molar refractivity (Wildman–Crippen MR) is 113 cm³/mol. The Morgan fingerprint density at radius 1 is 1.23 bits per heavy atom. The summed E-state index contributed by atoms with van der Waals surface area (Å²) in [5.41, 5.74) is -0.754. The zero-order valence-electron chi connectivity index (χ0n) is 17.9. The third kappa shape index (κ3) is 4.24. The third-order valence-electron chi connectivity index (χ3n) is 5.79. The van der Waals surface area contributed by atoms with Crippen molar-refractivity contribution in [3.63, 3.8) is 0 Å². The van der Waals surface area contributed by atoms with Crippen molar-refractivity contribution in [3.05, 3.63) is 18.2 Å². The molecule has 10 nitrogen and oxygen atoms in total. The summed E-state index contributed by atoms with van der Waals surface area (Å²) in [7, 11) is -2.35. The molecule has 170 valence electrons. The molecule has 1 heterocycles. The van der Waals surface area contributed by atoms with Crippen LogP contribution in [0, 0.1) is 0 Å². The fourth-order valence-electron chi connectivity index (χ4n) is 4.13. The number of anilines is 1. The number of nitrogens with one attached hydrogen (secondary N) is 2. The molecule has 0 aromatic heterocycles. The lowest BCUT2D eigenvalue weighted by molar-refractivity contribution is -0.133. The minimum atomic E-state index is -3.74. The first kappa shape index (κ1) is 23.0. The Hall–Kier alpha value is -2.66. The van der Waals surface area contributed by atoms with Crippen LogP contribution in [0.25, 0.3) is 0 Å². The zero-order valence-corrected chi connectivity index (χ0v) is 18.8. The van der Waals surface area contributed by atoms with Gasteiger partial charge in [-0.05, 0) is 31.0 Å². The molecule has 11 heteroatoms. The largest absolute Gasteiger partial charge is 0.495 e. The van der Waals surface area contributed by atoms with Gasteiger partial charge in [0.25, 0.3) is 5.91 Å². The summed E-state index contributed by atoms with van der Waals surface area (Å²) in [5, 5.41) is 5.30. The molecule has 1 aliphatic carbocycles. The molecule has 0 atom stereocenters. The van der Waals surface area contributed by atoms with Gasteiger partial charge in [-0.25, -0.2) is 13.2 Å². The highest BCUT2D eigenvalue weighted by molar-refractivity contribution is 7.89. The average Bonchev–Trinajstić information content (AvgIpc) is 3.29. The van der Waals surface area contributed by atoms with Gasteiger partial charge in [-0.3, -0.25) is 14.5 Å². The number of imide groups is 1. The van der Waals surface area contributed by atoms with Gasteiger partial charge in [0.2, 0.25) is 15.9 Å². The van der Waals surface area contributed by atoms with Crippen molar-refractivity contribution in [3.8, 4) is 5.75 Å². The second kappa shape index (κ2) is 8.83. The molecule has 2 fully saturated rings. The Morgan fingerprint density at radius 3 is 2.45 bits per heavy atom. The van der Waals surface area contributed by atoms with Crippen LogP contribution in [-0.4, -0.2) is 67.8 Å². The van der Waals surface area contributed by atoms with Gasteiger partial charge in [-0.1, -0.05) is 26.7 Å². The number of hydrogen-bond donors (Lipinski definition) is 2. The van der Waals surface area contributed by atoms with Gasteiger partial charge < -0.3 is 15.4 Å². The second-order valence-corrected chi connectivity index (χ2v) is 9.55. The Bertz CT molecular complexity index is 983. The van der Waals surface area contributed by atoms with Crippen LogP contribution in [0.2, 0.25) is 0 Å². The number of hydrogen-bond acceptors (Lipinski definition) is 6. The lowest BCUT2D eigenvalue weighted by Gasteiger charge is -2.21. The number of amides is 4. The molecule has 2 aliphatic rings. The highest BCUT2D eigenvalue weighted by atomic mass is 32.2. The van der Waals surface area contributed by atoms with Crippen LogP contribution in [0.15, 0.2) is 23.1 Å². The van der Waals surface area contributed by atoms with E-state index < -0.39 is 40.0 Å². The molecule has 3 rings (SSSR count). The van der Waals surface area contributed by atoms with Crippen molar-refractivity contribution >= 4 is 33.6 Å². The quantitative estimate of drug-likeness (QED) is 0.576. The molecule has 31 heavy (non-hydrogen) atoms. The van der Waals surface area contributed by atoms with Crippen LogP contribution in [0.1, 0.15) is 39.5 Å². The molecule has 0 bridgehead atoms. The summed E-state index contributed by atoms with van der Waals surface area (Å²) in [6.45, 7) is 3.62. The van der Waals surface area contributed by atoms with Crippen molar-refractivity contribution in [1.29, 1.82) is 0 Å². The van der Waals surface area contributed by atoms with Crippen molar-refractivity contribution in [2.75, 3.05) is 32.1 Å². The zero-order chi connectivity index (χ0) is 22.8. The van der Waals surface area contributed by atoms with Gasteiger partial charge in [0, 0.05) is 13.1 Å². The lowest BCUT2D eigenvalue weighted by atomic mass is 9.98. The number of ether oxygens (including phenoxy) is 1. The molecule has 1 saturated carbocycles. The van der Waals surface area contributed by atoms with Crippen molar-refractivity contribution < 1.29 is 27.5 Å². The first-order valence-electron chi connectivity index (χ1n) is 10.3. The first-order chi connectivity index (χ1) is 14.7. The monoisotopic (exact) mass is 452 g/mol. The number of sulfonamides is 1. The Labute approximate surface area is 182 Å². The van der Waals surface area contributed by atoms with E-state index in [9.17, 15) is 22.8 Å². The number of benzene rings is 1. The molecule has 2 N–H and O–H groups in total. The molecule has 0 radical (unpaired) electrons. The van der Waals surface area contributed by atoms with Gasteiger partial charge in [0.1, 0.15) is 17.8 Å². The number of carbonyl (C=O) groups excluding carboxylic acids is 3. The summed E-state index contributed by atoms with van der Waals surface area (Å²) in [4.78, 5) is 38.6. The number of methoxy groups -OCH3 is 1. The number of urea groups is 1. The highest BCUT2D eigenvalue weighted by Crippen LogP contribution is 2.35. The molecule has 1 aromatic carbocycles. The van der Waals surface area contributed by atoms with Crippen LogP contribution < -0.4 is 15.4 Å². The average molecular weight is 453 g/mol.